The predicted octanol–water partition coefficient (Wildman–Crippen LogP) is 0.971. The molecule has 1 aromatic rings. The molecule has 1 unspecified atom stereocenters. The summed E-state index contributed by atoms with van der Waals surface area (Å²) in [5.41, 5.74) is 5.56. The molecule has 1 amide bonds. The third kappa shape index (κ3) is 3.58. The lowest BCUT2D eigenvalue weighted by Crippen LogP contribution is -2.39. The van der Waals surface area contributed by atoms with Crippen LogP contribution in [0.4, 0.5) is 8.78 Å². The van der Waals surface area contributed by atoms with Crippen LogP contribution in [-0.4, -0.2) is 18.5 Å². The lowest BCUT2D eigenvalue weighted by Gasteiger charge is -2.08. The number of hydrogen-bond acceptors (Lipinski definition) is 2. The van der Waals surface area contributed by atoms with Crippen molar-refractivity contribution in [2.45, 2.75) is 19.4 Å². The molecule has 5 heteroatoms. The van der Waals surface area contributed by atoms with Crippen molar-refractivity contribution in [3.8, 4) is 0 Å². The van der Waals surface area contributed by atoms with Gasteiger partial charge in [0.15, 0.2) is 0 Å². The molecular weight excluding hydrogens is 214 g/mol. The average Bonchev–Trinajstić information content (AvgIpc) is 2.22. The quantitative estimate of drug-likeness (QED) is 0.806. The van der Waals surface area contributed by atoms with Crippen LogP contribution in [0.3, 0.4) is 0 Å². The highest BCUT2D eigenvalue weighted by Gasteiger charge is 2.07. The highest BCUT2D eigenvalue weighted by molar-refractivity contribution is 5.80. The summed E-state index contributed by atoms with van der Waals surface area (Å²) in [4.78, 5) is 11.1. The monoisotopic (exact) mass is 228 g/mol. The molecule has 1 aromatic carbocycles. The Morgan fingerprint density at radius 2 is 2.19 bits per heavy atom. The Balaban J connectivity index is 2.49. The van der Waals surface area contributed by atoms with Crippen LogP contribution >= 0.6 is 0 Å². The molecule has 0 heterocycles. The fraction of sp³-hybridized carbons (Fsp3) is 0.364. The molecule has 0 aliphatic carbocycles. The van der Waals surface area contributed by atoms with Gasteiger partial charge in [0.25, 0.3) is 0 Å². The predicted molar refractivity (Wildman–Crippen MR) is 56.7 cm³/mol. The zero-order valence-electron chi connectivity index (χ0n) is 8.97. The van der Waals surface area contributed by atoms with E-state index in [1.54, 1.807) is 6.92 Å². The average molecular weight is 228 g/mol. The number of hydrogen-bond donors (Lipinski definition) is 2. The van der Waals surface area contributed by atoms with Crippen molar-refractivity contribution in [1.29, 1.82) is 0 Å². The number of nitrogens with one attached hydrogen (secondary N) is 1. The minimum Gasteiger partial charge on any atom is -0.354 e. The van der Waals surface area contributed by atoms with Gasteiger partial charge in [0.2, 0.25) is 5.91 Å². The molecule has 0 spiro atoms. The second-order valence-electron chi connectivity index (χ2n) is 3.57. The van der Waals surface area contributed by atoms with Gasteiger partial charge in [0.05, 0.1) is 6.04 Å². The molecule has 3 N–H and O–H groups in total. The van der Waals surface area contributed by atoms with E-state index < -0.39 is 17.7 Å². The van der Waals surface area contributed by atoms with Crippen LogP contribution in [0.1, 0.15) is 12.5 Å². The van der Waals surface area contributed by atoms with Gasteiger partial charge in [-0.3, -0.25) is 4.79 Å². The fourth-order valence-corrected chi connectivity index (χ4v) is 1.22. The number of halogens is 2. The molecule has 1 rings (SSSR count). The van der Waals surface area contributed by atoms with Gasteiger partial charge in [-0.2, -0.15) is 0 Å². The van der Waals surface area contributed by atoms with E-state index in [2.05, 4.69) is 5.32 Å². The van der Waals surface area contributed by atoms with Crippen molar-refractivity contribution in [3.63, 3.8) is 0 Å². The molecule has 16 heavy (non-hydrogen) atoms. The molecule has 0 fully saturated rings. The van der Waals surface area contributed by atoms with Gasteiger partial charge in [-0.05, 0) is 37.1 Å². The maximum Gasteiger partial charge on any atom is 0.236 e. The van der Waals surface area contributed by atoms with E-state index in [1.165, 1.54) is 0 Å². The van der Waals surface area contributed by atoms with Crippen LogP contribution in [0, 0.1) is 11.6 Å². The Morgan fingerprint density at radius 1 is 1.50 bits per heavy atom. The molecular formula is C11H14F2N2O. The van der Waals surface area contributed by atoms with E-state index in [0.29, 0.717) is 0 Å². The summed E-state index contributed by atoms with van der Waals surface area (Å²) in [5.74, 6) is -1.27. The van der Waals surface area contributed by atoms with E-state index >= 15 is 0 Å². The van der Waals surface area contributed by atoms with Crippen LogP contribution < -0.4 is 11.1 Å². The largest absolute Gasteiger partial charge is 0.354 e. The molecule has 3 nitrogen and oxygen atoms in total. The molecule has 1 atom stereocenters. The summed E-state index contributed by atoms with van der Waals surface area (Å²) in [6.07, 6.45) is 0.238. The second kappa shape index (κ2) is 5.55. The standard InChI is InChI=1S/C11H14F2N2O/c1-7(14)11(16)15-5-4-8-6-9(12)2-3-10(8)13/h2-3,6-7H,4-5,14H2,1H3,(H,15,16). The van der Waals surface area contributed by atoms with Crippen molar-refractivity contribution in [2.24, 2.45) is 5.73 Å². The molecule has 0 saturated carbocycles. The smallest absolute Gasteiger partial charge is 0.236 e. The van der Waals surface area contributed by atoms with Crippen molar-refractivity contribution in [1.82, 2.24) is 5.32 Å². The van der Waals surface area contributed by atoms with Gasteiger partial charge in [-0.15, -0.1) is 0 Å². The second-order valence-corrected chi connectivity index (χ2v) is 3.57. The summed E-state index contributed by atoms with van der Waals surface area (Å²) in [6, 6.07) is 2.64. The third-order valence-electron chi connectivity index (χ3n) is 2.11. The van der Waals surface area contributed by atoms with Gasteiger partial charge in [0.1, 0.15) is 11.6 Å². The minimum atomic E-state index is -0.600. The Bertz CT molecular complexity index is 380. The number of carbonyl (C=O) groups excluding carboxylic acids is 1. The molecule has 0 aromatic heterocycles. The SMILES string of the molecule is CC(N)C(=O)NCCc1cc(F)ccc1F. The summed E-state index contributed by atoms with van der Waals surface area (Å²) in [6.45, 7) is 1.79. The van der Waals surface area contributed by atoms with Crippen LogP contribution in [-0.2, 0) is 11.2 Å². The highest BCUT2D eigenvalue weighted by Crippen LogP contribution is 2.09. The first-order valence-electron chi connectivity index (χ1n) is 4.98. The number of benzene rings is 1. The first-order chi connectivity index (χ1) is 7.50. The molecule has 0 aliphatic rings. The minimum absolute atomic E-state index is 0.237. The Morgan fingerprint density at radius 3 is 2.81 bits per heavy atom. The van der Waals surface area contributed by atoms with Crippen LogP contribution in [0.25, 0.3) is 0 Å². The number of nitrogens with two attached hydrogens (primary N) is 1. The van der Waals surface area contributed by atoms with E-state index in [4.69, 9.17) is 5.73 Å². The van der Waals surface area contributed by atoms with Gasteiger partial charge >= 0.3 is 0 Å². The zero-order valence-corrected chi connectivity index (χ0v) is 8.97. The van der Waals surface area contributed by atoms with E-state index in [0.717, 1.165) is 18.2 Å². The maximum absolute atomic E-state index is 13.1. The molecule has 0 bridgehead atoms. The van der Waals surface area contributed by atoms with Gasteiger partial charge in [0, 0.05) is 6.54 Å². The topological polar surface area (TPSA) is 55.1 Å². The maximum atomic E-state index is 13.1. The summed E-state index contributed by atoms with van der Waals surface area (Å²) in [5, 5.41) is 2.52. The van der Waals surface area contributed by atoms with E-state index in [1.807, 2.05) is 0 Å². The summed E-state index contributed by atoms with van der Waals surface area (Å²) in [7, 11) is 0. The molecule has 0 radical (unpaired) electrons. The van der Waals surface area contributed by atoms with Crippen molar-refractivity contribution < 1.29 is 13.6 Å². The van der Waals surface area contributed by atoms with Crippen LogP contribution in [0.5, 0.6) is 0 Å². The van der Waals surface area contributed by atoms with E-state index in [-0.39, 0.29) is 24.4 Å². The summed E-state index contributed by atoms with van der Waals surface area (Å²) >= 11 is 0. The Kier molecular flexibility index (Phi) is 4.37. The van der Waals surface area contributed by atoms with Gasteiger partial charge < -0.3 is 11.1 Å². The van der Waals surface area contributed by atoms with E-state index in [9.17, 15) is 13.6 Å². The lowest BCUT2D eigenvalue weighted by atomic mass is 10.1. The summed E-state index contributed by atoms with van der Waals surface area (Å²) < 4.78 is 25.9. The first-order valence-corrected chi connectivity index (χ1v) is 4.98. The molecule has 0 saturated heterocycles. The fourth-order valence-electron chi connectivity index (χ4n) is 1.22. The third-order valence-corrected chi connectivity index (χ3v) is 2.11. The highest BCUT2D eigenvalue weighted by atomic mass is 19.1. The zero-order chi connectivity index (χ0) is 12.1. The van der Waals surface area contributed by atoms with Crippen LogP contribution in [0.2, 0.25) is 0 Å². The Hall–Kier alpha value is -1.49. The number of carbonyl (C=O) groups is 1. The normalized spacial score (nSPS) is 12.2. The van der Waals surface area contributed by atoms with Crippen molar-refractivity contribution in [2.75, 3.05) is 6.54 Å². The molecule has 88 valence electrons. The lowest BCUT2D eigenvalue weighted by molar-refractivity contribution is -0.121. The first kappa shape index (κ1) is 12.6. The number of amides is 1. The molecule has 0 aliphatic heterocycles. The van der Waals surface area contributed by atoms with Crippen LogP contribution in [0.15, 0.2) is 18.2 Å². The Labute approximate surface area is 92.6 Å². The number of rotatable bonds is 4. The van der Waals surface area contributed by atoms with Gasteiger partial charge in [-0.1, -0.05) is 0 Å². The van der Waals surface area contributed by atoms with Gasteiger partial charge in [-0.25, -0.2) is 8.78 Å². The van der Waals surface area contributed by atoms with Crippen molar-refractivity contribution in [3.05, 3.63) is 35.4 Å². The van der Waals surface area contributed by atoms with Crippen molar-refractivity contribution >= 4 is 5.91 Å².